The van der Waals surface area contributed by atoms with Gasteiger partial charge in [-0.1, -0.05) is 49.6 Å². The van der Waals surface area contributed by atoms with Crippen LogP contribution in [-0.2, 0) is 25.7 Å². The van der Waals surface area contributed by atoms with Gasteiger partial charge in [-0.3, -0.25) is 9.59 Å². The summed E-state index contributed by atoms with van der Waals surface area (Å²) in [5.41, 5.74) is 0.111. The summed E-state index contributed by atoms with van der Waals surface area (Å²) in [5, 5.41) is 2.94. The molecular formula is C20H26N2O4. The second-order valence-corrected chi connectivity index (χ2v) is 7.28. The maximum absolute atomic E-state index is 12.8. The van der Waals surface area contributed by atoms with Crippen LogP contribution in [0.25, 0.3) is 0 Å². The second kappa shape index (κ2) is 7.89. The third-order valence-electron chi connectivity index (χ3n) is 5.45. The van der Waals surface area contributed by atoms with Crippen molar-refractivity contribution in [2.75, 3.05) is 13.7 Å². The summed E-state index contributed by atoms with van der Waals surface area (Å²) in [6, 6.07) is 9.73. The minimum Gasteiger partial charge on any atom is -0.467 e. The largest absolute Gasteiger partial charge is 0.467 e. The van der Waals surface area contributed by atoms with Gasteiger partial charge in [0.25, 0.3) is 0 Å². The van der Waals surface area contributed by atoms with Crippen molar-refractivity contribution in [1.82, 2.24) is 10.2 Å². The lowest BCUT2D eigenvalue weighted by molar-refractivity contribution is -0.153. The van der Waals surface area contributed by atoms with Gasteiger partial charge in [0.1, 0.15) is 5.54 Å². The van der Waals surface area contributed by atoms with Crippen LogP contribution in [0.5, 0.6) is 0 Å². The average molecular weight is 358 g/mol. The predicted molar refractivity (Wildman–Crippen MR) is 95.9 cm³/mol. The van der Waals surface area contributed by atoms with Crippen LogP contribution in [0.4, 0.5) is 0 Å². The third kappa shape index (κ3) is 3.89. The molecule has 0 bridgehead atoms. The van der Waals surface area contributed by atoms with E-state index in [1.54, 1.807) is 4.90 Å². The van der Waals surface area contributed by atoms with Crippen molar-refractivity contribution in [3.05, 3.63) is 35.9 Å². The lowest BCUT2D eigenvalue weighted by atomic mass is 9.81. The Balaban J connectivity index is 1.64. The molecule has 1 aliphatic carbocycles. The van der Waals surface area contributed by atoms with Crippen molar-refractivity contribution in [3.63, 3.8) is 0 Å². The highest BCUT2D eigenvalue weighted by atomic mass is 16.5. The monoisotopic (exact) mass is 358 g/mol. The number of likely N-dealkylation sites (tertiary alicyclic amines) is 1. The highest BCUT2D eigenvalue weighted by Crippen LogP contribution is 2.30. The van der Waals surface area contributed by atoms with Gasteiger partial charge in [0.2, 0.25) is 11.8 Å². The molecule has 1 atom stereocenters. The van der Waals surface area contributed by atoms with E-state index in [-0.39, 0.29) is 24.2 Å². The fourth-order valence-corrected chi connectivity index (χ4v) is 3.97. The third-order valence-corrected chi connectivity index (χ3v) is 5.45. The predicted octanol–water partition coefficient (Wildman–Crippen LogP) is 2.03. The van der Waals surface area contributed by atoms with Crippen LogP contribution in [0, 0.1) is 5.92 Å². The van der Waals surface area contributed by atoms with E-state index in [2.05, 4.69) is 5.32 Å². The number of carbonyl (C=O) groups excluding carboxylic acids is 3. The van der Waals surface area contributed by atoms with E-state index >= 15 is 0 Å². The fourth-order valence-electron chi connectivity index (χ4n) is 3.97. The molecule has 1 N–H and O–H groups in total. The number of hydrogen-bond acceptors (Lipinski definition) is 4. The number of benzene rings is 1. The van der Waals surface area contributed by atoms with E-state index in [0.29, 0.717) is 25.9 Å². The summed E-state index contributed by atoms with van der Waals surface area (Å²) < 4.78 is 4.95. The van der Waals surface area contributed by atoms with E-state index in [4.69, 9.17) is 4.74 Å². The van der Waals surface area contributed by atoms with E-state index in [1.165, 1.54) is 7.11 Å². The number of rotatable bonds is 5. The molecule has 3 rings (SSSR count). The van der Waals surface area contributed by atoms with Crippen LogP contribution in [0.15, 0.2) is 30.3 Å². The topological polar surface area (TPSA) is 75.7 Å². The molecule has 1 saturated carbocycles. The van der Waals surface area contributed by atoms with Crippen LogP contribution in [0.3, 0.4) is 0 Å². The maximum Gasteiger partial charge on any atom is 0.331 e. The standard InChI is InChI=1S/C20H26N2O4/c1-26-19(25)20(10-6-3-7-11-20)21-18(24)16-12-17(23)22(14-16)13-15-8-4-2-5-9-15/h2,4-5,8-9,16H,3,6-7,10-14H2,1H3,(H,21,24). The van der Waals surface area contributed by atoms with Gasteiger partial charge >= 0.3 is 5.97 Å². The molecule has 0 aromatic heterocycles. The van der Waals surface area contributed by atoms with Gasteiger partial charge in [-0.2, -0.15) is 0 Å². The maximum atomic E-state index is 12.8. The zero-order chi connectivity index (χ0) is 18.6. The number of nitrogens with one attached hydrogen (secondary N) is 1. The molecular weight excluding hydrogens is 332 g/mol. The van der Waals surface area contributed by atoms with Crippen LogP contribution >= 0.6 is 0 Å². The van der Waals surface area contributed by atoms with Gasteiger partial charge in [0.15, 0.2) is 0 Å². The van der Waals surface area contributed by atoms with Gasteiger partial charge in [0.05, 0.1) is 13.0 Å². The smallest absolute Gasteiger partial charge is 0.331 e. The molecule has 1 saturated heterocycles. The Labute approximate surface area is 153 Å². The number of esters is 1. The molecule has 26 heavy (non-hydrogen) atoms. The van der Waals surface area contributed by atoms with Crippen molar-refractivity contribution >= 4 is 17.8 Å². The molecule has 2 fully saturated rings. The zero-order valence-corrected chi connectivity index (χ0v) is 15.2. The van der Waals surface area contributed by atoms with Crippen LogP contribution in [-0.4, -0.2) is 41.9 Å². The highest BCUT2D eigenvalue weighted by molar-refractivity contribution is 5.93. The first kappa shape index (κ1) is 18.4. The Morgan fingerprint density at radius 3 is 2.54 bits per heavy atom. The SMILES string of the molecule is COC(=O)C1(NC(=O)C2CC(=O)N(Cc3ccccc3)C2)CCCCC1. The number of hydrogen-bond donors (Lipinski definition) is 1. The van der Waals surface area contributed by atoms with Crippen molar-refractivity contribution in [2.45, 2.75) is 50.6 Å². The van der Waals surface area contributed by atoms with Crippen molar-refractivity contribution < 1.29 is 19.1 Å². The Kier molecular flexibility index (Phi) is 5.59. The van der Waals surface area contributed by atoms with E-state index in [1.807, 2.05) is 30.3 Å². The minimum absolute atomic E-state index is 0.0234. The Hall–Kier alpha value is -2.37. The molecule has 1 aromatic carbocycles. The number of amides is 2. The van der Waals surface area contributed by atoms with E-state index in [0.717, 1.165) is 24.8 Å². The van der Waals surface area contributed by atoms with Crippen molar-refractivity contribution in [1.29, 1.82) is 0 Å². The minimum atomic E-state index is -0.931. The highest BCUT2D eigenvalue weighted by Gasteiger charge is 2.44. The molecule has 0 radical (unpaired) electrons. The molecule has 0 spiro atoms. The molecule has 1 aliphatic heterocycles. The number of ether oxygens (including phenoxy) is 1. The van der Waals surface area contributed by atoms with E-state index < -0.39 is 11.5 Å². The summed E-state index contributed by atoms with van der Waals surface area (Å²) in [6.07, 6.45) is 4.22. The first-order valence-corrected chi connectivity index (χ1v) is 9.26. The number of nitrogens with zero attached hydrogens (tertiary/aromatic N) is 1. The number of methoxy groups -OCH3 is 1. The summed E-state index contributed by atoms with van der Waals surface area (Å²) >= 11 is 0. The lowest BCUT2D eigenvalue weighted by Crippen LogP contribution is -2.57. The second-order valence-electron chi connectivity index (χ2n) is 7.28. The first-order chi connectivity index (χ1) is 12.5. The Morgan fingerprint density at radius 1 is 1.19 bits per heavy atom. The summed E-state index contributed by atoms with van der Waals surface area (Å²) in [5.74, 6) is -1.04. The number of carbonyl (C=O) groups is 3. The Morgan fingerprint density at radius 2 is 1.88 bits per heavy atom. The molecule has 140 valence electrons. The zero-order valence-electron chi connectivity index (χ0n) is 15.2. The van der Waals surface area contributed by atoms with Gasteiger partial charge in [-0.25, -0.2) is 4.79 Å². The average Bonchev–Trinajstić information content (AvgIpc) is 3.03. The van der Waals surface area contributed by atoms with E-state index in [9.17, 15) is 14.4 Å². The molecule has 2 amide bonds. The van der Waals surface area contributed by atoms with Crippen molar-refractivity contribution in [3.8, 4) is 0 Å². The Bertz CT molecular complexity index is 668. The van der Waals surface area contributed by atoms with Gasteiger partial charge in [-0.05, 0) is 18.4 Å². The van der Waals surface area contributed by atoms with Gasteiger partial charge in [0, 0.05) is 19.5 Å². The molecule has 1 heterocycles. The molecule has 6 heteroatoms. The molecule has 6 nitrogen and oxygen atoms in total. The lowest BCUT2D eigenvalue weighted by Gasteiger charge is -2.35. The summed E-state index contributed by atoms with van der Waals surface area (Å²) in [4.78, 5) is 39.1. The molecule has 1 aromatic rings. The summed E-state index contributed by atoms with van der Waals surface area (Å²) in [6.45, 7) is 0.891. The molecule has 1 unspecified atom stereocenters. The van der Waals surface area contributed by atoms with Gasteiger partial charge < -0.3 is 15.0 Å². The first-order valence-electron chi connectivity index (χ1n) is 9.26. The van der Waals surface area contributed by atoms with Gasteiger partial charge in [-0.15, -0.1) is 0 Å². The fraction of sp³-hybridized carbons (Fsp3) is 0.550. The summed E-state index contributed by atoms with van der Waals surface area (Å²) in [7, 11) is 1.35. The van der Waals surface area contributed by atoms with Crippen LogP contribution < -0.4 is 5.32 Å². The normalized spacial score (nSPS) is 22.1. The van der Waals surface area contributed by atoms with Crippen molar-refractivity contribution in [2.24, 2.45) is 5.92 Å². The molecule has 2 aliphatic rings. The van der Waals surface area contributed by atoms with Crippen LogP contribution in [0.2, 0.25) is 0 Å². The quantitative estimate of drug-likeness (QED) is 0.817. The van der Waals surface area contributed by atoms with Crippen LogP contribution in [0.1, 0.15) is 44.1 Å².